The zero-order chi connectivity index (χ0) is 23.2. The van der Waals surface area contributed by atoms with Gasteiger partial charge in [0.15, 0.2) is 5.82 Å². The smallest absolute Gasteiger partial charge is 0.322 e. The van der Waals surface area contributed by atoms with E-state index in [0.717, 1.165) is 31.5 Å². The van der Waals surface area contributed by atoms with Crippen LogP contribution in [0.25, 0.3) is 11.4 Å². The lowest BCUT2D eigenvalue weighted by Gasteiger charge is -2.32. The number of morpholine rings is 1. The summed E-state index contributed by atoms with van der Waals surface area (Å²) < 4.78 is 22.4. The lowest BCUT2D eigenvalue weighted by molar-refractivity contribution is 0.0190. The fourth-order valence-corrected chi connectivity index (χ4v) is 3.98. The second-order valence-corrected chi connectivity index (χ2v) is 8.04. The monoisotopic (exact) mass is 458 g/mol. The zero-order valence-electron chi connectivity index (χ0n) is 19.1. The lowest BCUT2D eigenvalue weighted by Crippen LogP contribution is -2.43. The molecule has 1 aromatic heterocycles. The number of amides is 2. The number of methoxy groups -OCH3 is 2. The summed E-state index contributed by atoms with van der Waals surface area (Å²) >= 11 is 0. The molecule has 3 heterocycles. The van der Waals surface area contributed by atoms with Crippen LogP contribution in [-0.4, -0.2) is 86.9 Å². The van der Waals surface area contributed by atoms with E-state index in [1.165, 1.54) is 0 Å². The molecule has 0 spiro atoms. The van der Waals surface area contributed by atoms with Gasteiger partial charge in [0.05, 0.1) is 25.4 Å². The summed E-state index contributed by atoms with van der Waals surface area (Å²) in [6.07, 6.45) is 2.12. The second kappa shape index (κ2) is 10.7. The van der Waals surface area contributed by atoms with Crippen molar-refractivity contribution in [3.05, 3.63) is 24.3 Å². The Bertz CT molecular complexity index is 925. The normalized spacial score (nSPS) is 19.6. The van der Waals surface area contributed by atoms with Crippen LogP contribution < -0.4 is 20.3 Å². The van der Waals surface area contributed by atoms with E-state index in [1.54, 1.807) is 33.4 Å². The third kappa shape index (κ3) is 5.86. The van der Waals surface area contributed by atoms with Crippen LogP contribution in [0.2, 0.25) is 0 Å². The SMILES string of the molecule is CNC(=O)Nc1ccc(-c2nc(OC(COC)COC)nc(N3CC4CCC(C3)O4)n2)cc1. The largest absolute Gasteiger partial charge is 0.455 e. The Morgan fingerprint density at radius 2 is 1.76 bits per heavy atom. The maximum atomic E-state index is 11.6. The van der Waals surface area contributed by atoms with Crippen molar-refractivity contribution in [2.24, 2.45) is 0 Å². The molecule has 2 N–H and O–H groups in total. The van der Waals surface area contributed by atoms with Crippen molar-refractivity contribution >= 4 is 17.7 Å². The van der Waals surface area contributed by atoms with Gasteiger partial charge in [-0.05, 0) is 37.1 Å². The molecule has 0 aliphatic carbocycles. The summed E-state index contributed by atoms with van der Waals surface area (Å²) in [4.78, 5) is 27.6. The predicted molar refractivity (Wildman–Crippen MR) is 122 cm³/mol. The van der Waals surface area contributed by atoms with Crippen LogP contribution >= 0.6 is 0 Å². The number of carbonyl (C=O) groups excluding carboxylic acids is 1. The number of benzene rings is 1. The van der Waals surface area contributed by atoms with Gasteiger partial charge >= 0.3 is 12.0 Å². The number of anilines is 2. The second-order valence-electron chi connectivity index (χ2n) is 8.04. The number of rotatable bonds is 9. The number of hydrogen-bond donors (Lipinski definition) is 2. The number of hydrogen-bond acceptors (Lipinski definition) is 9. The number of nitrogens with one attached hydrogen (secondary N) is 2. The van der Waals surface area contributed by atoms with Gasteiger partial charge in [0.1, 0.15) is 6.10 Å². The maximum absolute atomic E-state index is 11.6. The van der Waals surface area contributed by atoms with E-state index in [2.05, 4.69) is 25.5 Å². The van der Waals surface area contributed by atoms with Crippen LogP contribution in [0, 0.1) is 0 Å². The molecule has 0 radical (unpaired) electrons. The molecule has 2 aliphatic heterocycles. The molecule has 0 saturated carbocycles. The molecule has 33 heavy (non-hydrogen) atoms. The lowest BCUT2D eigenvalue weighted by atomic mass is 10.2. The molecule has 2 aliphatic rings. The van der Waals surface area contributed by atoms with Gasteiger partial charge in [-0.25, -0.2) is 4.79 Å². The Hall–Kier alpha value is -3.02. The van der Waals surface area contributed by atoms with E-state index >= 15 is 0 Å². The Balaban J connectivity index is 1.62. The van der Waals surface area contributed by atoms with Gasteiger partial charge in [-0.3, -0.25) is 0 Å². The quantitative estimate of drug-likeness (QED) is 0.578. The van der Waals surface area contributed by atoms with Crippen LogP contribution in [0.3, 0.4) is 0 Å². The number of aromatic nitrogens is 3. The minimum Gasteiger partial charge on any atom is -0.455 e. The summed E-state index contributed by atoms with van der Waals surface area (Å²) in [5.74, 6) is 1.03. The highest BCUT2D eigenvalue weighted by Gasteiger charge is 2.35. The summed E-state index contributed by atoms with van der Waals surface area (Å²) in [5.41, 5.74) is 1.44. The third-order valence-electron chi connectivity index (χ3n) is 5.53. The Kier molecular flexibility index (Phi) is 7.53. The van der Waals surface area contributed by atoms with Crippen LogP contribution in [-0.2, 0) is 14.2 Å². The minimum absolute atomic E-state index is 0.193. The summed E-state index contributed by atoms with van der Waals surface area (Å²) in [6, 6.07) is 7.20. The Morgan fingerprint density at radius 3 is 2.36 bits per heavy atom. The molecule has 2 amide bonds. The van der Waals surface area contributed by atoms with Crippen LogP contribution in [0.4, 0.5) is 16.4 Å². The van der Waals surface area contributed by atoms with Crippen LogP contribution in [0.15, 0.2) is 24.3 Å². The van der Waals surface area contributed by atoms with E-state index in [4.69, 9.17) is 23.9 Å². The standard InChI is InChI=1S/C22H30N6O5/c1-23-21(29)24-15-6-4-14(5-7-15)19-25-20(28-10-16-8-9-17(11-28)32-16)27-22(26-19)33-18(12-30-2)13-31-3/h4-7,16-18H,8-13H2,1-3H3,(H2,23,24,29). The van der Waals surface area contributed by atoms with Gasteiger partial charge < -0.3 is 34.5 Å². The number of ether oxygens (including phenoxy) is 4. The topological polar surface area (TPSA) is 120 Å². The molecule has 11 heteroatoms. The Morgan fingerprint density at radius 1 is 1.09 bits per heavy atom. The molecule has 2 unspecified atom stereocenters. The average Bonchev–Trinajstić information content (AvgIpc) is 3.16. The fourth-order valence-electron chi connectivity index (χ4n) is 3.98. The molecule has 2 aromatic rings. The molecule has 11 nitrogen and oxygen atoms in total. The first-order valence-corrected chi connectivity index (χ1v) is 11.0. The third-order valence-corrected chi connectivity index (χ3v) is 5.53. The molecular weight excluding hydrogens is 428 g/mol. The number of carbonyl (C=O) groups is 1. The van der Waals surface area contributed by atoms with Crippen molar-refractivity contribution in [3.8, 4) is 17.4 Å². The molecule has 2 bridgehead atoms. The van der Waals surface area contributed by atoms with Crippen molar-refractivity contribution in [1.29, 1.82) is 0 Å². The van der Waals surface area contributed by atoms with Crippen LogP contribution in [0.5, 0.6) is 6.01 Å². The van der Waals surface area contributed by atoms with Crippen LogP contribution in [0.1, 0.15) is 12.8 Å². The number of nitrogens with zero attached hydrogens (tertiary/aromatic N) is 4. The first kappa shape index (κ1) is 23.1. The maximum Gasteiger partial charge on any atom is 0.322 e. The van der Waals surface area contributed by atoms with Crippen molar-refractivity contribution in [3.63, 3.8) is 0 Å². The molecule has 178 valence electrons. The molecule has 1 aromatic carbocycles. The van der Waals surface area contributed by atoms with E-state index in [9.17, 15) is 4.79 Å². The minimum atomic E-state index is -0.358. The first-order chi connectivity index (χ1) is 16.1. The average molecular weight is 459 g/mol. The molecule has 2 saturated heterocycles. The van der Waals surface area contributed by atoms with Gasteiger partial charge in [0, 0.05) is 45.6 Å². The highest BCUT2D eigenvalue weighted by Crippen LogP contribution is 2.30. The van der Waals surface area contributed by atoms with Gasteiger partial charge in [-0.1, -0.05) is 0 Å². The van der Waals surface area contributed by atoms with E-state index in [-0.39, 0.29) is 30.4 Å². The van der Waals surface area contributed by atoms with E-state index in [1.807, 2.05) is 12.1 Å². The highest BCUT2D eigenvalue weighted by molar-refractivity contribution is 5.89. The summed E-state index contributed by atoms with van der Waals surface area (Å²) in [6.45, 7) is 2.14. The van der Waals surface area contributed by atoms with Gasteiger partial charge in [-0.15, -0.1) is 0 Å². The molecule has 2 fully saturated rings. The van der Waals surface area contributed by atoms with Gasteiger partial charge in [0.2, 0.25) is 5.95 Å². The van der Waals surface area contributed by atoms with Crippen molar-refractivity contribution in [1.82, 2.24) is 20.3 Å². The van der Waals surface area contributed by atoms with Crippen molar-refractivity contribution in [2.75, 3.05) is 57.8 Å². The summed E-state index contributed by atoms with van der Waals surface area (Å²) in [5, 5.41) is 5.26. The number of fused-ring (bicyclic) bond motifs is 2. The highest BCUT2D eigenvalue weighted by atomic mass is 16.6. The fraction of sp³-hybridized carbons (Fsp3) is 0.545. The Labute approximate surface area is 192 Å². The zero-order valence-corrected chi connectivity index (χ0v) is 19.1. The van der Waals surface area contributed by atoms with E-state index < -0.39 is 0 Å². The first-order valence-electron chi connectivity index (χ1n) is 11.0. The predicted octanol–water partition coefficient (Wildman–Crippen LogP) is 1.70. The molecular formula is C22H30N6O5. The summed E-state index contributed by atoms with van der Waals surface area (Å²) in [7, 11) is 4.78. The van der Waals surface area contributed by atoms with Gasteiger partial charge in [-0.2, -0.15) is 15.0 Å². The van der Waals surface area contributed by atoms with E-state index in [0.29, 0.717) is 30.7 Å². The molecule has 2 atom stereocenters. The molecule has 4 rings (SSSR count). The van der Waals surface area contributed by atoms with Crippen molar-refractivity contribution < 1.29 is 23.7 Å². The number of urea groups is 1. The van der Waals surface area contributed by atoms with Crippen molar-refractivity contribution in [2.45, 2.75) is 31.2 Å². The van der Waals surface area contributed by atoms with Gasteiger partial charge in [0.25, 0.3) is 0 Å².